The van der Waals surface area contributed by atoms with Crippen LogP contribution in [0, 0.1) is 0 Å². The van der Waals surface area contributed by atoms with E-state index in [9.17, 15) is 4.79 Å². The number of hydrogen-bond donors (Lipinski definition) is 1. The molecule has 0 aliphatic carbocycles. The molecule has 4 nitrogen and oxygen atoms in total. The summed E-state index contributed by atoms with van der Waals surface area (Å²) in [6, 6.07) is 0. The van der Waals surface area contributed by atoms with Crippen LogP contribution in [0.3, 0.4) is 0 Å². The number of aryl methyl sites for hydroxylation is 1. The van der Waals surface area contributed by atoms with Gasteiger partial charge in [-0.2, -0.15) is 5.10 Å². The Hall–Kier alpha value is -1.16. The molecule has 0 fully saturated rings. The van der Waals surface area contributed by atoms with Gasteiger partial charge in [0.1, 0.15) is 0 Å². The summed E-state index contributed by atoms with van der Waals surface area (Å²) >= 11 is 0. The van der Waals surface area contributed by atoms with Gasteiger partial charge in [-0.1, -0.05) is 0 Å². The summed E-state index contributed by atoms with van der Waals surface area (Å²) in [5.74, 6) is 0.149. The van der Waals surface area contributed by atoms with Crippen molar-refractivity contribution in [2.75, 3.05) is 6.54 Å². The Kier molecular flexibility index (Phi) is 4.24. The molecule has 1 rings (SSSR count). The monoisotopic (exact) mass is 223 g/mol. The number of rotatable bonds is 5. The summed E-state index contributed by atoms with van der Waals surface area (Å²) in [7, 11) is 0. The molecule has 0 radical (unpaired) electrons. The van der Waals surface area contributed by atoms with E-state index in [0.29, 0.717) is 18.5 Å². The number of nitrogens with zero attached hydrogens (tertiary/aromatic N) is 2. The van der Waals surface area contributed by atoms with Crippen LogP contribution < -0.4 is 5.32 Å². The lowest BCUT2D eigenvalue weighted by Crippen LogP contribution is -2.37. The number of carbonyl (C=O) groups excluding carboxylic acids is 1. The molecule has 1 aromatic rings. The van der Waals surface area contributed by atoms with Crippen LogP contribution >= 0.6 is 0 Å². The molecule has 0 amide bonds. The van der Waals surface area contributed by atoms with Crippen LogP contribution in [0.1, 0.15) is 44.5 Å². The summed E-state index contributed by atoms with van der Waals surface area (Å²) < 4.78 is 1.77. The minimum Gasteiger partial charge on any atom is -0.312 e. The molecule has 1 N–H and O–H groups in total. The zero-order valence-corrected chi connectivity index (χ0v) is 10.6. The average molecular weight is 223 g/mol. The second-order valence-electron chi connectivity index (χ2n) is 4.93. The lowest BCUT2D eigenvalue weighted by atomic mass is 10.1. The van der Waals surface area contributed by atoms with Crippen LogP contribution in [0.2, 0.25) is 0 Å². The Bertz CT molecular complexity index is 349. The third-order valence-corrected chi connectivity index (χ3v) is 2.29. The number of ketones is 1. The van der Waals surface area contributed by atoms with Crippen LogP contribution in [0.25, 0.3) is 0 Å². The first kappa shape index (κ1) is 12.9. The molecule has 0 aliphatic heterocycles. The number of hydrogen-bond acceptors (Lipinski definition) is 3. The summed E-state index contributed by atoms with van der Waals surface area (Å²) in [6.07, 6.45) is 3.97. The van der Waals surface area contributed by atoms with Crippen molar-refractivity contribution in [1.82, 2.24) is 15.1 Å². The second kappa shape index (κ2) is 5.25. The number of aromatic nitrogens is 2. The van der Waals surface area contributed by atoms with Crippen LogP contribution in [-0.4, -0.2) is 27.6 Å². The maximum Gasteiger partial charge on any atom is 0.167 e. The normalized spacial score (nSPS) is 11.8. The molecule has 0 saturated heterocycles. The third kappa shape index (κ3) is 4.14. The Morgan fingerprint density at radius 1 is 1.50 bits per heavy atom. The lowest BCUT2D eigenvalue weighted by Gasteiger charge is -2.19. The zero-order valence-electron chi connectivity index (χ0n) is 10.6. The van der Waals surface area contributed by atoms with Crippen molar-refractivity contribution in [2.24, 2.45) is 0 Å². The predicted molar refractivity (Wildman–Crippen MR) is 64.6 cm³/mol. The van der Waals surface area contributed by atoms with Gasteiger partial charge in [0.25, 0.3) is 0 Å². The van der Waals surface area contributed by atoms with Crippen LogP contribution in [0.15, 0.2) is 12.4 Å². The summed E-state index contributed by atoms with van der Waals surface area (Å²) in [6.45, 7) is 9.78. The summed E-state index contributed by atoms with van der Waals surface area (Å²) in [4.78, 5) is 11.8. The van der Waals surface area contributed by atoms with Crippen LogP contribution in [0.4, 0.5) is 0 Å². The Morgan fingerprint density at radius 3 is 2.69 bits per heavy atom. The van der Waals surface area contributed by atoms with E-state index in [1.807, 2.05) is 6.92 Å². The summed E-state index contributed by atoms with van der Waals surface area (Å²) in [5.41, 5.74) is 0.769. The molecule has 1 aromatic heterocycles. The van der Waals surface area contributed by atoms with Crippen molar-refractivity contribution < 1.29 is 4.79 Å². The molecule has 0 aromatic carbocycles. The van der Waals surface area contributed by atoms with Gasteiger partial charge >= 0.3 is 0 Å². The first-order chi connectivity index (χ1) is 7.42. The van der Waals surface area contributed by atoms with Gasteiger partial charge < -0.3 is 5.32 Å². The van der Waals surface area contributed by atoms with E-state index in [1.54, 1.807) is 17.1 Å². The molecular formula is C12H21N3O. The van der Waals surface area contributed by atoms with Gasteiger partial charge in [-0.25, -0.2) is 0 Å². The molecule has 0 aliphatic rings. The van der Waals surface area contributed by atoms with Gasteiger partial charge in [0.15, 0.2) is 5.78 Å². The maximum atomic E-state index is 11.8. The number of carbonyl (C=O) groups is 1. The highest BCUT2D eigenvalue weighted by atomic mass is 16.1. The molecule has 16 heavy (non-hydrogen) atoms. The Balaban J connectivity index is 2.41. The minimum absolute atomic E-state index is 0.0634. The second-order valence-corrected chi connectivity index (χ2v) is 4.93. The van der Waals surface area contributed by atoms with E-state index < -0.39 is 0 Å². The van der Waals surface area contributed by atoms with E-state index >= 15 is 0 Å². The van der Waals surface area contributed by atoms with Crippen LogP contribution in [-0.2, 0) is 6.54 Å². The Labute approximate surface area is 97.0 Å². The first-order valence-corrected chi connectivity index (χ1v) is 5.73. The van der Waals surface area contributed by atoms with Gasteiger partial charge in [-0.05, 0) is 27.7 Å². The molecule has 0 unspecified atom stereocenters. The number of Topliss-reactive ketones (excluding diaryl/α,β-unsaturated/α-hetero) is 1. The third-order valence-electron chi connectivity index (χ3n) is 2.29. The fraction of sp³-hybridized carbons (Fsp3) is 0.667. The predicted octanol–water partition coefficient (Wildman–Crippen LogP) is 1.86. The SMILES string of the molecule is CCn1cc(C(=O)CCNC(C)(C)C)cn1. The fourth-order valence-electron chi connectivity index (χ4n) is 1.38. The van der Waals surface area contributed by atoms with Gasteiger partial charge in [-0.15, -0.1) is 0 Å². The van der Waals surface area contributed by atoms with Crippen molar-refractivity contribution in [3.8, 4) is 0 Å². The molecular weight excluding hydrogens is 202 g/mol. The highest BCUT2D eigenvalue weighted by Crippen LogP contribution is 2.03. The van der Waals surface area contributed by atoms with E-state index in [4.69, 9.17) is 0 Å². The van der Waals surface area contributed by atoms with E-state index in [1.165, 1.54) is 0 Å². The van der Waals surface area contributed by atoms with Crippen molar-refractivity contribution in [1.29, 1.82) is 0 Å². The molecule has 90 valence electrons. The fourth-order valence-corrected chi connectivity index (χ4v) is 1.38. The first-order valence-electron chi connectivity index (χ1n) is 5.73. The summed E-state index contributed by atoms with van der Waals surface area (Å²) in [5, 5.41) is 7.38. The van der Waals surface area contributed by atoms with Gasteiger partial charge in [-0.3, -0.25) is 9.48 Å². The molecule has 0 bridgehead atoms. The highest BCUT2D eigenvalue weighted by molar-refractivity contribution is 5.95. The van der Waals surface area contributed by atoms with Crippen molar-refractivity contribution in [2.45, 2.75) is 46.2 Å². The number of nitrogens with one attached hydrogen (secondary N) is 1. The van der Waals surface area contributed by atoms with E-state index in [2.05, 4.69) is 31.2 Å². The van der Waals surface area contributed by atoms with Crippen molar-refractivity contribution in [3.05, 3.63) is 18.0 Å². The molecule has 0 saturated carbocycles. The standard InChI is InChI=1S/C12H21N3O/c1-5-15-9-10(8-14-15)11(16)6-7-13-12(2,3)4/h8-9,13H,5-7H2,1-4H3. The Morgan fingerprint density at radius 2 is 2.19 bits per heavy atom. The molecule has 0 spiro atoms. The van der Waals surface area contributed by atoms with Gasteiger partial charge in [0.05, 0.1) is 11.8 Å². The zero-order chi connectivity index (χ0) is 12.2. The smallest absolute Gasteiger partial charge is 0.167 e. The average Bonchev–Trinajstić information content (AvgIpc) is 2.63. The van der Waals surface area contributed by atoms with Crippen molar-refractivity contribution >= 4 is 5.78 Å². The molecule has 4 heteroatoms. The lowest BCUT2D eigenvalue weighted by molar-refractivity contribution is 0.0980. The minimum atomic E-state index is 0.0634. The molecule has 0 atom stereocenters. The maximum absolute atomic E-state index is 11.8. The van der Waals surface area contributed by atoms with Gasteiger partial charge in [0, 0.05) is 31.2 Å². The van der Waals surface area contributed by atoms with Crippen LogP contribution in [0.5, 0.6) is 0 Å². The molecule has 1 heterocycles. The topological polar surface area (TPSA) is 46.9 Å². The van der Waals surface area contributed by atoms with E-state index in [-0.39, 0.29) is 11.3 Å². The largest absolute Gasteiger partial charge is 0.312 e. The quantitative estimate of drug-likeness (QED) is 0.775. The van der Waals surface area contributed by atoms with Crippen molar-refractivity contribution in [3.63, 3.8) is 0 Å². The van der Waals surface area contributed by atoms with E-state index in [0.717, 1.165) is 6.54 Å². The van der Waals surface area contributed by atoms with Gasteiger partial charge in [0.2, 0.25) is 0 Å². The highest BCUT2D eigenvalue weighted by Gasteiger charge is 2.11.